The van der Waals surface area contributed by atoms with Gasteiger partial charge in [-0.1, -0.05) is 31.5 Å². The topological polar surface area (TPSA) is 75.3 Å². The molecule has 0 atom stereocenters. The second-order valence-corrected chi connectivity index (χ2v) is 7.95. The normalized spacial score (nSPS) is 11.4. The lowest BCUT2D eigenvalue weighted by atomic mass is 10.1. The summed E-state index contributed by atoms with van der Waals surface area (Å²) >= 11 is 6.02. The van der Waals surface area contributed by atoms with Crippen molar-refractivity contribution in [1.82, 2.24) is 5.32 Å². The second kappa shape index (κ2) is 7.84. The molecule has 0 aliphatic rings. The van der Waals surface area contributed by atoms with Gasteiger partial charge in [0.25, 0.3) is 15.9 Å². The summed E-state index contributed by atoms with van der Waals surface area (Å²) in [5.74, 6) is -0.727. The molecule has 0 radical (unpaired) electrons. The van der Waals surface area contributed by atoms with Gasteiger partial charge in [-0.3, -0.25) is 9.52 Å². The highest BCUT2D eigenvalue weighted by atomic mass is 35.5. The summed E-state index contributed by atoms with van der Waals surface area (Å²) in [4.78, 5) is 11.9. The molecule has 2 aromatic carbocycles. The summed E-state index contributed by atoms with van der Waals surface area (Å²) in [6, 6.07) is 8.86. The summed E-state index contributed by atoms with van der Waals surface area (Å²) in [5.41, 5.74) is 0.310. The lowest BCUT2D eigenvalue weighted by Crippen LogP contribution is -2.27. The Labute approximate surface area is 151 Å². The van der Waals surface area contributed by atoms with E-state index in [0.29, 0.717) is 6.54 Å². The first kappa shape index (κ1) is 19.2. The van der Waals surface area contributed by atoms with Gasteiger partial charge in [0.2, 0.25) is 0 Å². The van der Waals surface area contributed by atoms with Gasteiger partial charge in [-0.15, -0.1) is 0 Å². The molecule has 134 valence electrons. The molecule has 0 aromatic heterocycles. The molecule has 0 heterocycles. The van der Waals surface area contributed by atoms with Crippen LogP contribution in [0.1, 0.15) is 24.2 Å². The van der Waals surface area contributed by atoms with Crippen molar-refractivity contribution in [2.45, 2.75) is 18.7 Å². The third-order valence-electron chi connectivity index (χ3n) is 3.25. The van der Waals surface area contributed by atoms with E-state index in [-0.39, 0.29) is 33.0 Å². The van der Waals surface area contributed by atoms with Crippen molar-refractivity contribution in [2.24, 2.45) is 5.92 Å². The standard InChI is InChI=1S/C17H18ClFN2O3S/c1-11(2)10-20-17(22)12-6-7-15(18)16(8-12)21-25(23,24)14-5-3-4-13(19)9-14/h3-9,11,21H,10H2,1-2H3,(H,20,22). The Morgan fingerprint density at radius 1 is 1.20 bits per heavy atom. The highest BCUT2D eigenvalue weighted by molar-refractivity contribution is 7.92. The van der Waals surface area contributed by atoms with E-state index in [0.717, 1.165) is 12.1 Å². The molecule has 0 fully saturated rings. The summed E-state index contributed by atoms with van der Waals surface area (Å²) in [6.45, 7) is 4.41. The fraction of sp³-hybridized carbons (Fsp3) is 0.235. The van der Waals surface area contributed by atoms with Crippen molar-refractivity contribution in [2.75, 3.05) is 11.3 Å². The number of anilines is 1. The number of halogens is 2. The largest absolute Gasteiger partial charge is 0.352 e. The van der Waals surface area contributed by atoms with Gasteiger partial charge >= 0.3 is 0 Å². The third kappa shape index (κ3) is 5.17. The first-order valence-electron chi connectivity index (χ1n) is 7.55. The molecule has 0 saturated heterocycles. The average Bonchev–Trinajstić information content (AvgIpc) is 2.54. The van der Waals surface area contributed by atoms with Crippen molar-refractivity contribution in [3.63, 3.8) is 0 Å². The van der Waals surface area contributed by atoms with Gasteiger partial charge in [0, 0.05) is 12.1 Å². The monoisotopic (exact) mass is 384 g/mol. The number of hydrogen-bond acceptors (Lipinski definition) is 3. The lowest BCUT2D eigenvalue weighted by Gasteiger charge is -2.12. The number of hydrogen-bond donors (Lipinski definition) is 2. The Morgan fingerprint density at radius 3 is 2.56 bits per heavy atom. The van der Waals surface area contributed by atoms with Gasteiger partial charge in [0.15, 0.2) is 0 Å². The van der Waals surface area contributed by atoms with E-state index in [4.69, 9.17) is 11.6 Å². The van der Waals surface area contributed by atoms with Crippen molar-refractivity contribution in [3.8, 4) is 0 Å². The Hall–Kier alpha value is -2.12. The second-order valence-electron chi connectivity index (χ2n) is 5.86. The highest BCUT2D eigenvalue weighted by Crippen LogP contribution is 2.26. The highest BCUT2D eigenvalue weighted by Gasteiger charge is 2.18. The zero-order valence-corrected chi connectivity index (χ0v) is 15.3. The first-order chi connectivity index (χ1) is 11.7. The Bertz CT molecular complexity index is 885. The predicted molar refractivity (Wildman–Crippen MR) is 95.8 cm³/mol. The zero-order valence-electron chi connectivity index (χ0n) is 13.7. The molecule has 2 aromatic rings. The maximum atomic E-state index is 13.3. The minimum Gasteiger partial charge on any atom is -0.352 e. The summed E-state index contributed by atoms with van der Waals surface area (Å²) in [6.07, 6.45) is 0. The quantitative estimate of drug-likeness (QED) is 0.797. The number of rotatable bonds is 6. The molecule has 0 saturated carbocycles. The minimum absolute atomic E-state index is 0.0446. The Balaban J connectivity index is 2.27. The van der Waals surface area contributed by atoms with E-state index in [9.17, 15) is 17.6 Å². The molecule has 5 nitrogen and oxygen atoms in total. The molecular weight excluding hydrogens is 367 g/mol. The Morgan fingerprint density at radius 2 is 1.92 bits per heavy atom. The number of carbonyl (C=O) groups excluding carboxylic acids is 1. The van der Waals surface area contributed by atoms with Crippen LogP contribution in [0.2, 0.25) is 5.02 Å². The molecule has 1 amide bonds. The molecule has 0 aliphatic heterocycles. The fourth-order valence-corrected chi connectivity index (χ4v) is 3.30. The van der Waals surface area contributed by atoms with Crippen molar-refractivity contribution in [1.29, 1.82) is 0 Å². The lowest BCUT2D eigenvalue weighted by molar-refractivity contribution is 0.0949. The SMILES string of the molecule is CC(C)CNC(=O)c1ccc(Cl)c(NS(=O)(=O)c2cccc(F)c2)c1. The summed E-state index contributed by atoms with van der Waals surface area (Å²) < 4.78 is 40.3. The minimum atomic E-state index is -4.03. The number of amides is 1. The van der Waals surface area contributed by atoms with Crippen molar-refractivity contribution in [3.05, 3.63) is 58.9 Å². The van der Waals surface area contributed by atoms with Crippen molar-refractivity contribution >= 4 is 33.2 Å². The smallest absolute Gasteiger partial charge is 0.262 e. The van der Waals surface area contributed by atoms with E-state index in [2.05, 4.69) is 10.0 Å². The van der Waals surface area contributed by atoms with E-state index in [1.165, 1.54) is 30.3 Å². The predicted octanol–water partition coefficient (Wildman–Crippen LogP) is 3.67. The first-order valence-corrected chi connectivity index (χ1v) is 9.41. The molecular formula is C17H18ClFN2O3S. The van der Waals surface area contributed by atoms with Gasteiger partial charge in [-0.25, -0.2) is 12.8 Å². The van der Waals surface area contributed by atoms with Gasteiger partial charge in [0.05, 0.1) is 15.6 Å². The Kier molecular flexibility index (Phi) is 6.02. The molecule has 0 unspecified atom stereocenters. The van der Waals surface area contributed by atoms with E-state index < -0.39 is 15.8 Å². The van der Waals surface area contributed by atoms with E-state index in [1.54, 1.807) is 0 Å². The van der Waals surface area contributed by atoms with Gasteiger partial charge in [-0.2, -0.15) is 0 Å². The molecule has 0 bridgehead atoms. The van der Waals surface area contributed by atoms with E-state index >= 15 is 0 Å². The van der Waals surface area contributed by atoms with Crippen LogP contribution < -0.4 is 10.0 Å². The van der Waals surface area contributed by atoms with Crippen LogP contribution in [0.3, 0.4) is 0 Å². The number of nitrogens with one attached hydrogen (secondary N) is 2. The molecule has 2 rings (SSSR count). The van der Waals surface area contributed by atoms with Crippen LogP contribution in [0.5, 0.6) is 0 Å². The van der Waals surface area contributed by atoms with Crippen LogP contribution >= 0.6 is 11.6 Å². The molecule has 25 heavy (non-hydrogen) atoms. The van der Waals surface area contributed by atoms with Crippen LogP contribution in [0, 0.1) is 11.7 Å². The zero-order chi connectivity index (χ0) is 18.6. The molecule has 0 spiro atoms. The van der Waals surface area contributed by atoms with Crippen LogP contribution in [0.15, 0.2) is 47.4 Å². The maximum Gasteiger partial charge on any atom is 0.262 e. The number of carbonyl (C=O) groups is 1. The fourth-order valence-electron chi connectivity index (χ4n) is 1.98. The summed E-state index contributed by atoms with van der Waals surface area (Å²) in [5, 5.41) is 2.86. The third-order valence-corrected chi connectivity index (χ3v) is 4.94. The molecule has 8 heteroatoms. The number of sulfonamides is 1. The van der Waals surface area contributed by atoms with Crippen LogP contribution in [0.4, 0.5) is 10.1 Å². The molecule has 2 N–H and O–H groups in total. The summed E-state index contributed by atoms with van der Waals surface area (Å²) in [7, 11) is -4.03. The maximum absolute atomic E-state index is 13.3. The van der Waals surface area contributed by atoms with E-state index in [1.807, 2.05) is 13.8 Å². The van der Waals surface area contributed by atoms with Gasteiger partial charge in [0.1, 0.15) is 5.82 Å². The van der Waals surface area contributed by atoms with Crippen molar-refractivity contribution < 1.29 is 17.6 Å². The number of benzene rings is 2. The van der Waals surface area contributed by atoms with Gasteiger partial charge in [-0.05, 0) is 42.3 Å². The average molecular weight is 385 g/mol. The van der Waals surface area contributed by atoms with Crippen LogP contribution in [-0.4, -0.2) is 20.9 Å². The van der Waals surface area contributed by atoms with Gasteiger partial charge < -0.3 is 5.32 Å². The van der Waals surface area contributed by atoms with Crippen LogP contribution in [-0.2, 0) is 10.0 Å². The van der Waals surface area contributed by atoms with Crippen LogP contribution in [0.25, 0.3) is 0 Å². The molecule has 0 aliphatic carbocycles.